The number of nitrogens with two attached hydrogens (primary N) is 1. The summed E-state index contributed by atoms with van der Waals surface area (Å²) in [5, 5.41) is 0. The van der Waals surface area contributed by atoms with Gasteiger partial charge in [-0.25, -0.2) is 0 Å². The predicted molar refractivity (Wildman–Crippen MR) is 31.7 cm³/mol. The summed E-state index contributed by atoms with van der Waals surface area (Å²) in [5.74, 6) is 0. The van der Waals surface area contributed by atoms with Gasteiger partial charge in [-0.3, -0.25) is 4.79 Å². The molecule has 24 valence electrons. The molecular weight excluding hydrogens is 159 g/mol. The first kappa shape index (κ1) is 22.4. The molecule has 0 saturated heterocycles. The molecular formula is CH6K3NO. The molecule has 0 aromatic carbocycles. The van der Waals surface area contributed by atoms with Gasteiger partial charge in [0, 0.05) is 0 Å². The van der Waals surface area contributed by atoms with Crippen molar-refractivity contribution in [1.29, 1.82) is 0 Å². The Morgan fingerprint density at radius 2 is 1.17 bits per heavy atom. The molecule has 0 aromatic heterocycles. The van der Waals surface area contributed by atoms with E-state index in [1.54, 1.807) is 0 Å². The summed E-state index contributed by atoms with van der Waals surface area (Å²) in [6.07, 6.45) is 0.250. The Balaban J connectivity index is -0.00000000667. The molecule has 0 radical (unpaired) electrons. The van der Waals surface area contributed by atoms with Crippen molar-refractivity contribution in [3.8, 4) is 0 Å². The molecule has 2 nitrogen and oxygen atoms in total. The second-order valence-corrected chi connectivity index (χ2v) is 0.136. The Kier molecular flexibility index (Phi) is 85.1. The van der Waals surface area contributed by atoms with Gasteiger partial charge < -0.3 is 5.73 Å². The minimum absolute atomic E-state index is 0. The van der Waals surface area contributed by atoms with Gasteiger partial charge in [0.15, 0.2) is 0 Å². The van der Waals surface area contributed by atoms with Crippen molar-refractivity contribution in [1.82, 2.24) is 0 Å². The number of carbonyl (C=O) groups is 1. The number of hydrogen-bond donors (Lipinski definition) is 1. The van der Waals surface area contributed by atoms with Crippen molar-refractivity contribution in [3.05, 3.63) is 0 Å². The first-order valence-electron chi connectivity index (χ1n) is 0.569. The number of rotatable bonds is 0. The topological polar surface area (TPSA) is 43.1 Å². The molecule has 0 heterocycles. The van der Waals surface area contributed by atoms with Crippen LogP contribution in [0.4, 0.5) is 0 Å². The zero-order chi connectivity index (χ0) is 2.71. The van der Waals surface area contributed by atoms with E-state index >= 15 is 0 Å². The zero-order valence-corrected chi connectivity index (χ0v) is 1.56. The summed E-state index contributed by atoms with van der Waals surface area (Å²) in [5.41, 5.74) is 4.17. The van der Waals surface area contributed by atoms with Gasteiger partial charge >= 0.3 is 154 Å². The monoisotopic (exact) mass is 165 g/mol. The molecule has 0 unspecified atom stereocenters. The van der Waals surface area contributed by atoms with Crippen LogP contribution in [0, 0.1) is 0 Å². The average molecular weight is 165 g/mol. The van der Waals surface area contributed by atoms with Crippen molar-refractivity contribution in [2.75, 3.05) is 0 Å². The van der Waals surface area contributed by atoms with E-state index in [1.807, 2.05) is 0 Å². The molecule has 1 amide bonds. The fourth-order valence-corrected chi connectivity index (χ4v) is 0. The molecule has 5 heteroatoms. The maximum atomic E-state index is 8.58. The van der Waals surface area contributed by atoms with E-state index in [-0.39, 0.29) is 161 Å². The summed E-state index contributed by atoms with van der Waals surface area (Å²) >= 11 is 0. The van der Waals surface area contributed by atoms with Gasteiger partial charge in [0.05, 0.1) is 0 Å². The van der Waals surface area contributed by atoms with E-state index < -0.39 is 0 Å². The van der Waals surface area contributed by atoms with Crippen LogP contribution in [-0.2, 0) is 4.79 Å². The van der Waals surface area contributed by atoms with Gasteiger partial charge in [-0.15, -0.1) is 0 Å². The van der Waals surface area contributed by atoms with E-state index in [1.165, 1.54) is 0 Å². The van der Waals surface area contributed by atoms with Crippen molar-refractivity contribution in [2.24, 2.45) is 5.73 Å². The molecule has 0 aromatic rings. The standard InChI is InChI=1S/CH3NO.3K.3H/c2-1-3;;;;;;/h1H,(H2,2,3);;;;;;. The number of hydrogen-bond acceptors (Lipinski definition) is 1. The molecule has 0 aliphatic carbocycles. The normalized spacial score (nSPS) is 2.00. The van der Waals surface area contributed by atoms with Crippen molar-refractivity contribution in [3.63, 3.8) is 0 Å². The van der Waals surface area contributed by atoms with Gasteiger partial charge in [-0.05, 0) is 0 Å². The summed E-state index contributed by atoms with van der Waals surface area (Å²) in [4.78, 5) is 8.58. The van der Waals surface area contributed by atoms with Gasteiger partial charge in [0.1, 0.15) is 0 Å². The summed E-state index contributed by atoms with van der Waals surface area (Å²) in [6.45, 7) is 0. The van der Waals surface area contributed by atoms with Crippen LogP contribution in [0.15, 0.2) is 0 Å². The van der Waals surface area contributed by atoms with Gasteiger partial charge in [0.25, 0.3) is 0 Å². The molecule has 0 saturated carbocycles. The molecule has 0 bridgehead atoms. The van der Waals surface area contributed by atoms with Gasteiger partial charge in [-0.2, -0.15) is 0 Å². The van der Waals surface area contributed by atoms with Gasteiger partial charge in [-0.1, -0.05) is 0 Å². The Hall–Kier alpha value is 4.38. The first-order valence-corrected chi connectivity index (χ1v) is 0.569. The second-order valence-electron chi connectivity index (χ2n) is 0.136. The summed E-state index contributed by atoms with van der Waals surface area (Å²) in [7, 11) is 0. The minimum atomic E-state index is 0. The second kappa shape index (κ2) is 22.8. The third-order valence-electron chi connectivity index (χ3n) is 0. The van der Waals surface area contributed by atoms with Crippen LogP contribution in [0.2, 0.25) is 0 Å². The van der Waals surface area contributed by atoms with Crippen LogP contribution in [0.25, 0.3) is 0 Å². The number of amides is 1. The molecule has 0 aliphatic rings. The molecule has 0 fully saturated rings. The Morgan fingerprint density at radius 1 is 1.17 bits per heavy atom. The third-order valence-corrected chi connectivity index (χ3v) is 0. The Bertz CT molecular complexity index is 18.3. The fourth-order valence-electron chi connectivity index (χ4n) is 0. The van der Waals surface area contributed by atoms with E-state index in [2.05, 4.69) is 5.73 Å². The van der Waals surface area contributed by atoms with Crippen LogP contribution < -0.4 is 5.73 Å². The average Bonchev–Trinajstić information content (AvgIpc) is 0.918. The fraction of sp³-hybridized carbons (Fsp3) is 0. The molecule has 0 aliphatic heterocycles. The molecule has 0 rings (SSSR count). The Labute approximate surface area is 165 Å². The summed E-state index contributed by atoms with van der Waals surface area (Å²) < 4.78 is 0. The van der Waals surface area contributed by atoms with E-state index in [0.29, 0.717) is 0 Å². The predicted octanol–water partition coefficient (Wildman–Crippen LogP) is -2.84. The van der Waals surface area contributed by atoms with E-state index in [0.717, 1.165) is 0 Å². The van der Waals surface area contributed by atoms with Crippen LogP contribution in [0.1, 0.15) is 0 Å². The summed E-state index contributed by atoms with van der Waals surface area (Å²) in [6, 6.07) is 0. The van der Waals surface area contributed by atoms with E-state index in [9.17, 15) is 0 Å². The zero-order valence-electron chi connectivity index (χ0n) is 1.56. The molecule has 0 atom stereocenters. The Morgan fingerprint density at radius 3 is 1.17 bits per heavy atom. The van der Waals surface area contributed by atoms with Crippen molar-refractivity contribution in [2.45, 2.75) is 0 Å². The van der Waals surface area contributed by atoms with Crippen LogP contribution in [-0.4, -0.2) is 161 Å². The van der Waals surface area contributed by atoms with Crippen molar-refractivity contribution >= 4 is 161 Å². The van der Waals surface area contributed by atoms with Crippen LogP contribution >= 0.6 is 0 Å². The SMILES string of the molecule is NC=O.[KH].[KH].[KH]. The number of primary amides is 1. The van der Waals surface area contributed by atoms with Crippen LogP contribution in [0.3, 0.4) is 0 Å². The van der Waals surface area contributed by atoms with Gasteiger partial charge in [0.2, 0.25) is 6.41 Å². The quantitative estimate of drug-likeness (QED) is 0.305. The molecule has 6 heavy (non-hydrogen) atoms. The van der Waals surface area contributed by atoms with E-state index in [4.69, 9.17) is 4.79 Å². The van der Waals surface area contributed by atoms with Crippen molar-refractivity contribution < 1.29 is 4.79 Å². The third kappa shape index (κ3) is 23.8. The maximum absolute atomic E-state index is 8.58. The molecule has 2 N–H and O–H groups in total. The molecule has 0 spiro atoms. The number of carbonyl (C=O) groups excluding carboxylic acids is 1. The van der Waals surface area contributed by atoms with Crippen LogP contribution in [0.5, 0.6) is 0 Å². The first-order chi connectivity index (χ1) is 1.41.